The number of hydrogen-bond acceptors (Lipinski definition) is 7. The number of nitriles is 1. The molecule has 0 aliphatic heterocycles. The smallest absolute Gasteiger partial charge is 0.270 e. The molecule has 3 aromatic heterocycles. The molecule has 1 saturated carbocycles. The maximum absolute atomic E-state index is 13.0. The van der Waals surface area contributed by atoms with Crippen LogP contribution in [0.5, 0.6) is 0 Å². The number of fused-ring (bicyclic) bond motifs is 2. The van der Waals surface area contributed by atoms with Gasteiger partial charge >= 0.3 is 0 Å². The Bertz CT molecular complexity index is 1420. The summed E-state index contributed by atoms with van der Waals surface area (Å²) in [5.74, 6) is 0.407. The van der Waals surface area contributed by atoms with Gasteiger partial charge in [-0.05, 0) is 51.2 Å². The summed E-state index contributed by atoms with van der Waals surface area (Å²) in [4.78, 5) is 28.8. The molecule has 0 radical (unpaired) electrons. The van der Waals surface area contributed by atoms with Crippen molar-refractivity contribution < 1.29 is 0 Å². The van der Waals surface area contributed by atoms with E-state index in [4.69, 9.17) is 0 Å². The topological polar surface area (TPSA) is 105 Å². The van der Waals surface area contributed by atoms with Crippen molar-refractivity contribution in [2.45, 2.75) is 38.3 Å². The van der Waals surface area contributed by atoms with Crippen molar-refractivity contribution in [3.63, 3.8) is 0 Å². The van der Waals surface area contributed by atoms with Crippen molar-refractivity contribution in [2.75, 3.05) is 26.0 Å². The molecule has 0 amide bonds. The van der Waals surface area contributed by atoms with Crippen molar-refractivity contribution in [2.24, 2.45) is 0 Å². The maximum Gasteiger partial charge on any atom is 0.270 e. The van der Waals surface area contributed by atoms with Gasteiger partial charge in [0, 0.05) is 36.4 Å². The van der Waals surface area contributed by atoms with Crippen LogP contribution < -0.4 is 10.9 Å². The third-order valence-corrected chi connectivity index (χ3v) is 6.25. The lowest BCUT2D eigenvalue weighted by molar-refractivity contribution is 0.386. The third-order valence-electron chi connectivity index (χ3n) is 6.25. The standard InChI is InChI=1S/C24H26N8O/c1-30(2)9-10-31-15-27-20-12-18(7-8-21(20)31)28-24-26-14-17-11-16(13-25)23(33)32(22(17)29-24)19-5-3-4-6-19/h7-8,11-12,14-15,19H,3-6,9-10H2,1-2H3,(H,26,28,29). The fourth-order valence-corrected chi connectivity index (χ4v) is 4.52. The molecule has 9 nitrogen and oxygen atoms in total. The van der Waals surface area contributed by atoms with Gasteiger partial charge < -0.3 is 14.8 Å². The fraction of sp³-hybridized carbons (Fsp3) is 0.375. The summed E-state index contributed by atoms with van der Waals surface area (Å²) >= 11 is 0. The number of pyridine rings is 1. The van der Waals surface area contributed by atoms with E-state index in [0.29, 0.717) is 17.0 Å². The predicted molar refractivity (Wildman–Crippen MR) is 128 cm³/mol. The summed E-state index contributed by atoms with van der Waals surface area (Å²) in [5.41, 5.74) is 3.21. The minimum Gasteiger partial charge on any atom is -0.329 e. The van der Waals surface area contributed by atoms with E-state index in [9.17, 15) is 10.1 Å². The average molecular weight is 443 g/mol. The minimum atomic E-state index is -0.272. The highest BCUT2D eigenvalue weighted by Gasteiger charge is 2.22. The molecule has 1 aliphatic rings. The van der Waals surface area contributed by atoms with Crippen LogP contribution in [0.2, 0.25) is 0 Å². The average Bonchev–Trinajstić information content (AvgIpc) is 3.47. The Balaban J connectivity index is 1.49. The zero-order valence-corrected chi connectivity index (χ0v) is 18.8. The van der Waals surface area contributed by atoms with Gasteiger partial charge in [-0.25, -0.2) is 9.97 Å². The second-order valence-corrected chi connectivity index (χ2v) is 8.83. The molecule has 0 bridgehead atoms. The van der Waals surface area contributed by atoms with Crippen molar-refractivity contribution in [3.8, 4) is 6.07 Å². The van der Waals surface area contributed by atoms with E-state index in [2.05, 4.69) is 43.8 Å². The van der Waals surface area contributed by atoms with E-state index < -0.39 is 0 Å². The predicted octanol–water partition coefficient (Wildman–Crippen LogP) is 3.43. The van der Waals surface area contributed by atoms with E-state index in [1.54, 1.807) is 16.8 Å². The Morgan fingerprint density at radius 2 is 2.03 bits per heavy atom. The number of aromatic nitrogens is 5. The van der Waals surface area contributed by atoms with E-state index in [1.165, 1.54) is 0 Å². The zero-order valence-electron chi connectivity index (χ0n) is 18.8. The van der Waals surface area contributed by atoms with Gasteiger partial charge in [-0.3, -0.25) is 9.36 Å². The number of nitrogens with zero attached hydrogens (tertiary/aromatic N) is 7. The van der Waals surface area contributed by atoms with Crippen LogP contribution in [0.25, 0.3) is 22.1 Å². The van der Waals surface area contributed by atoms with Gasteiger partial charge in [-0.15, -0.1) is 0 Å². The van der Waals surface area contributed by atoms with Crippen LogP contribution in [0.4, 0.5) is 11.6 Å². The Hall–Kier alpha value is -3.77. The summed E-state index contributed by atoms with van der Waals surface area (Å²) in [6.45, 7) is 1.81. The molecule has 5 rings (SSSR count). The highest BCUT2D eigenvalue weighted by molar-refractivity contribution is 5.81. The first kappa shape index (κ1) is 21.1. The first-order chi connectivity index (χ1) is 16.0. The van der Waals surface area contributed by atoms with Crippen LogP contribution in [-0.2, 0) is 6.54 Å². The highest BCUT2D eigenvalue weighted by atomic mass is 16.1. The number of imidazole rings is 1. The largest absolute Gasteiger partial charge is 0.329 e. The number of benzene rings is 1. The molecule has 1 aromatic carbocycles. The lowest BCUT2D eigenvalue weighted by atomic mass is 10.2. The molecule has 3 heterocycles. The molecular weight excluding hydrogens is 416 g/mol. The van der Waals surface area contributed by atoms with Crippen LogP contribution in [0, 0.1) is 11.3 Å². The Morgan fingerprint density at radius 1 is 1.21 bits per heavy atom. The summed E-state index contributed by atoms with van der Waals surface area (Å²) in [6.07, 6.45) is 7.52. The van der Waals surface area contributed by atoms with Gasteiger partial charge in [-0.1, -0.05) is 12.8 Å². The first-order valence-electron chi connectivity index (χ1n) is 11.2. The quantitative estimate of drug-likeness (QED) is 0.488. The molecule has 9 heteroatoms. The third kappa shape index (κ3) is 4.05. The summed E-state index contributed by atoms with van der Waals surface area (Å²) < 4.78 is 3.84. The van der Waals surface area contributed by atoms with Gasteiger partial charge in [0.1, 0.15) is 17.3 Å². The minimum absolute atomic E-state index is 0.0681. The molecule has 1 fully saturated rings. The van der Waals surface area contributed by atoms with Gasteiger partial charge in [-0.2, -0.15) is 10.2 Å². The van der Waals surface area contributed by atoms with Crippen molar-refractivity contribution in [1.82, 2.24) is 29.0 Å². The summed E-state index contributed by atoms with van der Waals surface area (Å²) in [5, 5.41) is 13.4. The Morgan fingerprint density at radius 3 is 2.79 bits per heavy atom. The van der Waals surface area contributed by atoms with E-state index >= 15 is 0 Å². The molecule has 0 saturated heterocycles. The molecular formula is C24H26N8O. The molecule has 1 aliphatic carbocycles. The lowest BCUT2D eigenvalue weighted by Gasteiger charge is -2.17. The van der Waals surface area contributed by atoms with Gasteiger partial charge in [0.15, 0.2) is 0 Å². The Kier molecular flexibility index (Phi) is 5.52. The fourth-order valence-electron chi connectivity index (χ4n) is 4.52. The van der Waals surface area contributed by atoms with Crippen LogP contribution in [-0.4, -0.2) is 49.6 Å². The number of anilines is 2. The van der Waals surface area contributed by atoms with Gasteiger partial charge in [0.2, 0.25) is 5.95 Å². The SMILES string of the molecule is CN(C)CCn1cnc2cc(Nc3ncc4cc(C#N)c(=O)n(C5CCCC5)c4n3)ccc21. The van der Waals surface area contributed by atoms with Crippen molar-refractivity contribution in [1.29, 1.82) is 5.26 Å². The molecule has 0 atom stereocenters. The number of rotatable bonds is 6. The van der Waals surface area contributed by atoms with Gasteiger partial charge in [0.05, 0.1) is 17.4 Å². The normalized spacial score (nSPS) is 14.4. The maximum atomic E-state index is 13.0. The molecule has 0 unspecified atom stereocenters. The summed E-state index contributed by atoms with van der Waals surface area (Å²) in [6, 6.07) is 9.66. The number of hydrogen-bond donors (Lipinski definition) is 1. The van der Waals surface area contributed by atoms with Crippen LogP contribution in [0.3, 0.4) is 0 Å². The van der Waals surface area contributed by atoms with Crippen LogP contribution >= 0.6 is 0 Å². The molecule has 33 heavy (non-hydrogen) atoms. The lowest BCUT2D eigenvalue weighted by Crippen LogP contribution is -2.26. The number of likely N-dealkylation sites (N-methyl/N-ethyl adjacent to an activating group) is 1. The molecule has 4 aromatic rings. The molecule has 1 N–H and O–H groups in total. The number of nitrogens with one attached hydrogen (secondary N) is 1. The molecule has 168 valence electrons. The second kappa shape index (κ2) is 8.64. The van der Waals surface area contributed by atoms with E-state index in [0.717, 1.165) is 55.5 Å². The van der Waals surface area contributed by atoms with Crippen molar-refractivity contribution >= 4 is 33.7 Å². The highest BCUT2D eigenvalue weighted by Crippen LogP contribution is 2.31. The molecule has 0 spiro atoms. The van der Waals surface area contributed by atoms with E-state index in [1.807, 2.05) is 30.6 Å². The second-order valence-electron chi connectivity index (χ2n) is 8.83. The van der Waals surface area contributed by atoms with Crippen LogP contribution in [0.15, 0.2) is 41.6 Å². The zero-order chi connectivity index (χ0) is 22.9. The summed E-state index contributed by atoms with van der Waals surface area (Å²) in [7, 11) is 4.11. The monoisotopic (exact) mass is 442 g/mol. The van der Waals surface area contributed by atoms with Crippen LogP contribution in [0.1, 0.15) is 37.3 Å². The van der Waals surface area contributed by atoms with Crippen molar-refractivity contribution in [3.05, 3.63) is 52.7 Å². The van der Waals surface area contributed by atoms with E-state index in [-0.39, 0.29) is 17.2 Å². The first-order valence-corrected chi connectivity index (χ1v) is 11.2. The van der Waals surface area contributed by atoms with Gasteiger partial charge in [0.25, 0.3) is 5.56 Å². The Labute approximate surface area is 191 Å².